The van der Waals surface area contributed by atoms with Crippen LogP contribution >= 0.6 is 0 Å². The zero-order valence-corrected chi connectivity index (χ0v) is 24.6. The standard InChI is InChI=1S/C35H45N5/c1-5-19-38(6-2)24-29-8-7-9-30(23-29)25-39-20-15-32(16-21-39)33-14-18-37-35-34(33)17-22-40(35)26-28-10-12-31(13-11-28)27(3)36-4/h7-14,17-18,22-23,32,36H,3,5-6,15-16,19-21,24-26H2,1-2,4H3. The number of hydrogen-bond acceptors (Lipinski definition) is 4. The summed E-state index contributed by atoms with van der Waals surface area (Å²) >= 11 is 0. The van der Waals surface area contributed by atoms with E-state index < -0.39 is 0 Å². The van der Waals surface area contributed by atoms with Crippen LogP contribution in [0.5, 0.6) is 0 Å². The molecule has 1 fully saturated rings. The number of pyridine rings is 1. The summed E-state index contributed by atoms with van der Waals surface area (Å²) in [6.07, 6.45) is 7.80. The number of nitrogens with zero attached hydrogens (tertiary/aromatic N) is 4. The number of likely N-dealkylation sites (tertiary alicyclic amines) is 1. The van der Waals surface area contributed by atoms with Gasteiger partial charge in [-0.25, -0.2) is 4.98 Å². The lowest BCUT2D eigenvalue weighted by molar-refractivity contribution is 0.205. The van der Waals surface area contributed by atoms with Crippen molar-refractivity contribution in [1.29, 1.82) is 0 Å². The molecule has 0 radical (unpaired) electrons. The number of fused-ring (bicyclic) bond motifs is 1. The van der Waals surface area contributed by atoms with Crippen LogP contribution in [0.1, 0.15) is 66.8 Å². The Morgan fingerprint density at radius 1 is 0.975 bits per heavy atom. The van der Waals surface area contributed by atoms with Gasteiger partial charge in [0.25, 0.3) is 0 Å². The normalized spacial score (nSPS) is 14.7. The van der Waals surface area contributed by atoms with Gasteiger partial charge in [0.05, 0.1) is 0 Å². The first-order valence-corrected chi connectivity index (χ1v) is 15.0. The van der Waals surface area contributed by atoms with Crippen molar-refractivity contribution >= 4 is 16.7 Å². The number of aromatic nitrogens is 2. The van der Waals surface area contributed by atoms with Gasteiger partial charge in [-0.2, -0.15) is 0 Å². The Morgan fingerprint density at radius 3 is 2.48 bits per heavy atom. The quantitative estimate of drug-likeness (QED) is 0.214. The lowest BCUT2D eigenvalue weighted by atomic mass is 9.88. The van der Waals surface area contributed by atoms with Crippen LogP contribution in [0, 0.1) is 0 Å². The van der Waals surface area contributed by atoms with Crippen LogP contribution in [0.4, 0.5) is 0 Å². The van der Waals surface area contributed by atoms with Gasteiger partial charge in [-0.05, 0) is 91.3 Å². The van der Waals surface area contributed by atoms with Crippen molar-refractivity contribution in [3.05, 3.63) is 107 Å². The smallest absolute Gasteiger partial charge is 0.140 e. The van der Waals surface area contributed by atoms with Crippen LogP contribution in [0.3, 0.4) is 0 Å². The van der Waals surface area contributed by atoms with E-state index >= 15 is 0 Å². The number of benzene rings is 2. The van der Waals surface area contributed by atoms with Crippen LogP contribution in [0.2, 0.25) is 0 Å². The number of nitrogens with one attached hydrogen (secondary N) is 1. The van der Waals surface area contributed by atoms with E-state index in [1.54, 1.807) is 0 Å². The molecule has 3 heterocycles. The molecule has 5 nitrogen and oxygen atoms in total. The van der Waals surface area contributed by atoms with E-state index in [-0.39, 0.29) is 0 Å². The molecule has 1 saturated heterocycles. The molecule has 40 heavy (non-hydrogen) atoms. The molecule has 1 N–H and O–H groups in total. The van der Waals surface area contributed by atoms with Gasteiger partial charge in [-0.3, -0.25) is 9.80 Å². The highest BCUT2D eigenvalue weighted by Crippen LogP contribution is 2.33. The molecule has 0 amide bonds. The number of piperidine rings is 1. The molecule has 0 bridgehead atoms. The SMILES string of the molecule is C=C(NC)c1ccc(Cn2ccc3c(C4CCN(Cc5cccc(CN(CC)CCC)c5)CC4)ccnc32)cc1. The number of hydrogen-bond donors (Lipinski definition) is 1. The summed E-state index contributed by atoms with van der Waals surface area (Å²) < 4.78 is 2.28. The summed E-state index contributed by atoms with van der Waals surface area (Å²) in [6.45, 7) is 16.1. The lowest BCUT2D eigenvalue weighted by Gasteiger charge is -2.32. The summed E-state index contributed by atoms with van der Waals surface area (Å²) in [5.41, 5.74) is 8.75. The van der Waals surface area contributed by atoms with Gasteiger partial charge in [0.2, 0.25) is 0 Å². The summed E-state index contributed by atoms with van der Waals surface area (Å²) in [6, 6.07) is 22.4. The van der Waals surface area contributed by atoms with Crippen LogP contribution in [0.25, 0.3) is 16.7 Å². The molecule has 1 aliphatic rings. The van der Waals surface area contributed by atoms with Crippen molar-refractivity contribution < 1.29 is 0 Å². The second-order valence-electron chi connectivity index (χ2n) is 11.2. The molecule has 0 unspecified atom stereocenters. The van der Waals surface area contributed by atoms with E-state index in [1.165, 1.54) is 53.4 Å². The number of rotatable bonds is 12. The summed E-state index contributed by atoms with van der Waals surface area (Å²) in [5.74, 6) is 0.586. The van der Waals surface area contributed by atoms with E-state index in [0.717, 1.165) is 56.2 Å². The molecule has 1 aliphatic heterocycles. The van der Waals surface area contributed by atoms with E-state index in [2.05, 4.69) is 107 Å². The molecular formula is C35H45N5. The van der Waals surface area contributed by atoms with Crippen molar-refractivity contribution in [3.8, 4) is 0 Å². The maximum Gasteiger partial charge on any atom is 0.140 e. The maximum absolute atomic E-state index is 4.79. The van der Waals surface area contributed by atoms with Gasteiger partial charge in [0, 0.05) is 50.2 Å². The lowest BCUT2D eigenvalue weighted by Crippen LogP contribution is -2.32. The molecule has 5 heteroatoms. The maximum atomic E-state index is 4.79. The predicted octanol–water partition coefficient (Wildman–Crippen LogP) is 6.89. The van der Waals surface area contributed by atoms with Crippen LogP contribution in [-0.2, 0) is 19.6 Å². The van der Waals surface area contributed by atoms with Crippen molar-refractivity contribution in [1.82, 2.24) is 24.7 Å². The van der Waals surface area contributed by atoms with Crippen molar-refractivity contribution in [2.45, 2.75) is 58.7 Å². The molecule has 2 aromatic carbocycles. The molecule has 0 atom stereocenters. The van der Waals surface area contributed by atoms with Crippen LogP contribution in [-0.4, -0.2) is 52.6 Å². The van der Waals surface area contributed by atoms with Crippen molar-refractivity contribution in [2.24, 2.45) is 0 Å². The highest BCUT2D eigenvalue weighted by molar-refractivity contribution is 5.80. The minimum Gasteiger partial charge on any atom is -0.388 e. The van der Waals surface area contributed by atoms with Gasteiger partial charge in [-0.1, -0.05) is 69.0 Å². The van der Waals surface area contributed by atoms with E-state index in [4.69, 9.17) is 4.98 Å². The fourth-order valence-electron chi connectivity index (χ4n) is 6.16. The highest BCUT2D eigenvalue weighted by Gasteiger charge is 2.23. The molecule has 4 aromatic rings. The van der Waals surface area contributed by atoms with Gasteiger partial charge < -0.3 is 9.88 Å². The summed E-state index contributed by atoms with van der Waals surface area (Å²) in [4.78, 5) is 9.96. The van der Waals surface area contributed by atoms with Gasteiger partial charge in [0.1, 0.15) is 5.65 Å². The average Bonchev–Trinajstić information content (AvgIpc) is 3.40. The van der Waals surface area contributed by atoms with Crippen molar-refractivity contribution in [3.63, 3.8) is 0 Å². The molecule has 0 aliphatic carbocycles. The zero-order valence-electron chi connectivity index (χ0n) is 24.6. The van der Waals surface area contributed by atoms with Crippen LogP contribution < -0.4 is 5.32 Å². The Labute approximate surface area is 240 Å². The first-order valence-electron chi connectivity index (χ1n) is 15.0. The zero-order chi connectivity index (χ0) is 27.9. The van der Waals surface area contributed by atoms with Gasteiger partial charge >= 0.3 is 0 Å². The Bertz CT molecular complexity index is 1400. The molecular weight excluding hydrogens is 490 g/mol. The predicted molar refractivity (Wildman–Crippen MR) is 168 cm³/mol. The van der Waals surface area contributed by atoms with E-state index in [0.29, 0.717) is 5.92 Å². The summed E-state index contributed by atoms with van der Waals surface area (Å²) in [7, 11) is 1.91. The first kappa shape index (κ1) is 28.1. The Hall–Kier alpha value is -3.41. The first-order chi connectivity index (χ1) is 19.6. The fourth-order valence-corrected chi connectivity index (χ4v) is 6.16. The average molecular weight is 536 g/mol. The minimum atomic E-state index is 0.586. The minimum absolute atomic E-state index is 0.586. The Kier molecular flexibility index (Phi) is 9.35. The third-order valence-corrected chi connectivity index (χ3v) is 8.47. The second-order valence-corrected chi connectivity index (χ2v) is 11.2. The van der Waals surface area contributed by atoms with Crippen LogP contribution in [0.15, 0.2) is 79.6 Å². The third kappa shape index (κ3) is 6.65. The fraction of sp³-hybridized carbons (Fsp3) is 0.400. The molecule has 0 saturated carbocycles. The van der Waals surface area contributed by atoms with Gasteiger partial charge in [0.15, 0.2) is 0 Å². The molecule has 210 valence electrons. The molecule has 2 aromatic heterocycles. The largest absolute Gasteiger partial charge is 0.388 e. The topological polar surface area (TPSA) is 36.3 Å². The Morgan fingerprint density at radius 2 is 1.75 bits per heavy atom. The molecule has 5 rings (SSSR count). The van der Waals surface area contributed by atoms with Crippen molar-refractivity contribution in [2.75, 3.05) is 33.2 Å². The Balaban J connectivity index is 1.21. The highest BCUT2D eigenvalue weighted by atomic mass is 15.1. The summed E-state index contributed by atoms with van der Waals surface area (Å²) in [5, 5.41) is 4.43. The van der Waals surface area contributed by atoms with E-state index in [1.807, 2.05) is 13.2 Å². The molecule has 0 spiro atoms. The third-order valence-electron chi connectivity index (χ3n) is 8.47. The monoisotopic (exact) mass is 535 g/mol. The van der Waals surface area contributed by atoms with Gasteiger partial charge in [-0.15, -0.1) is 0 Å². The van der Waals surface area contributed by atoms with E-state index in [9.17, 15) is 0 Å². The second kappa shape index (κ2) is 13.3.